The second-order valence-electron chi connectivity index (χ2n) is 4.22. The van der Waals surface area contributed by atoms with Gasteiger partial charge < -0.3 is 4.79 Å². The molecule has 0 aliphatic heterocycles. The third-order valence-corrected chi connectivity index (χ3v) is 2.94. The largest absolute Gasteiger partial charge is 0.303 e. The second-order valence-corrected chi connectivity index (χ2v) is 4.22. The van der Waals surface area contributed by atoms with E-state index in [1.807, 2.05) is 18.2 Å². The van der Waals surface area contributed by atoms with E-state index in [9.17, 15) is 4.79 Å². The molecule has 0 heterocycles. The summed E-state index contributed by atoms with van der Waals surface area (Å²) in [6.07, 6.45) is 2.39. The number of aryl methyl sites for hydroxylation is 2. The molecule has 2 aromatic carbocycles. The summed E-state index contributed by atoms with van der Waals surface area (Å²) in [4.78, 5) is 10.4. The fourth-order valence-electron chi connectivity index (χ4n) is 1.98. The van der Waals surface area contributed by atoms with Gasteiger partial charge in [0.2, 0.25) is 0 Å². The van der Waals surface area contributed by atoms with E-state index in [-0.39, 0.29) is 0 Å². The van der Waals surface area contributed by atoms with E-state index in [4.69, 9.17) is 0 Å². The van der Waals surface area contributed by atoms with Crippen molar-refractivity contribution in [3.05, 3.63) is 59.7 Å². The quantitative estimate of drug-likeness (QED) is 0.722. The Hall–Kier alpha value is -1.89. The van der Waals surface area contributed by atoms with Gasteiger partial charge in [-0.15, -0.1) is 0 Å². The van der Waals surface area contributed by atoms with Crippen molar-refractivity contribution in [1.82, 2.24) is 0 Å². The molecular formula is C16H16O. The molecule has 0 fully saturated rings. The van der Waals surface area contributed by atoms with Crippen LogP contribution < -0.4 is 0 Å². The Labute approximate surface area is 102 Å². The van der Waals surface area contributed by atoms with Crippen molar-refractivity contribution < 1.29 is 4.79 Å². The number of rotatable bonds is 4. The average molecular weight is 224 g/mol. The van der Waals surface area contributed by atoms with Gasteiger partial charge in [-0.2, -0.15) is 0 Å². The Kier molecular flexibility index (Phi) is 3.71. The first kappa shape index (κ1) is 11.6. The van der Waals surface area contributed by atoms with Crippen LogP contribution in [0.25, 0.3) is 11.1 Å². The normalized spacial score (nSPS) is 10.2. The zero-order valence-corrected chi connectivity index (χ0v) is 10.0. The topological polar surface area (TPSA) is 17.1 Å². The van der Waals surface area contributed by atoms with Crippen LogP contribution in [0.1, 0.15) is 17.5 Å². The zero-order valence-electron chi connectivity index (χ0n) is 10.0. The van der Waals surface area contributed by atoms with Crippen LogP contribution in [0.4, 0.5) is 0 Å². The lowest BCUT2D eigenvalue weighted by Crippen LogP contribution is -1.90. The zero-order chi connectivity index (χ0) is 12.1. The molecule has 0 bridgehead atoms. The molecule has 0 saturated heterocycles. The highest BCUT2D eigenvalue weighted by Gasteiger charge is 2.02. The van der Waals surface area contributed by atoms with Crippen LogP contribution in [0.2, 0.25) is 0 Å². The van der Waals surface area contributed by atoms with Gasteiger partial charge in [-0.1, -0.05) is 48.5 Å². The summed E-state index contributed by atoms with van der Waals surface area (Å²) in [6, 6.07) is 16.8. The van der Waals surface area contributed by atoms with Crippen LogP contribution in [0.3, 0.4) is 0 Å². The molecule has 1 heteroatoms. The molecule has 0 aliphatic carbocycles. The summed E-state index contributed by atoms with van der Waals surface area (Å²) in [5.74, 6) is 0. The molecule has 0 spiro atoms. The minimum atomic E-state index is 0.595. The highest BCUT2D eigenvalue weighted by Crippen LogP contribution is 2.24. The Morgan fingerprint density at radius 1 is 1.06 bits per heavy atom. The third-order valence-electron chi connectivity index (χ3n) is 2.94. The molecule has 2 rings (SSSR count). The van der Waals surface area contributed by atoms with Gasteiger partial charge in [0, 0.05) is 6.42 Å². The molecule has 0 saturated carbocycles. The van der Waals surface area contributed by atoms with Gasteiger partial charge in [0.15, 0.2) is 0 Å². The third kappa shape index (κ3) is 2.82. The molecule has 1 nitrogen and oxygen atoms in total. The number of carbonyl (C=O) groups is 1. The minimum absolute atomic E-state index is 0.595. The van der Waals surface area contributed by atoms with Gasteiger partial charge in [0.05, 0.1) is 0 Å². The van der Waals surface area contributed by atoms with Crippen molar-refractivity contribution in [2.24, 2.45) is 0 Å². The number of benzene rings is 2. The predicted octanol–water partition coefficient (Wildman–Crippen LogP) is 3.79. The summed E-state index contributed by atoms with van der Waals surface area (Å²) in [5, 5.41) is 0. The monoisotopic (exact) mass is 224 g/mol. The van der Waals surface area contributed by atoms with E-state index in [2.05, 4.69) is 37.3 Å². The second kappa shape index (κ2) is 5.44. The minimum Gasteiger partial charge on any atom is -0.303 e. The Balaban J connectivity index is 2.36. The van der Waals surface area contributed by atoms with E-state index < -0.39 is 0 Å². The molecule has 0 atom stereocenters. The predicted molar refractivity (Wildman–Crippen MR) is 71.0 cm³/mol. The van der Waals surface area contributed by atoms with Crippen molar-refractivity contribution >= 4 is 6.29 Å². The molecule has 86 valence electrons. The SMILES string of the molecule is Cc1ccc(CCC=O)cc1-c1ccccc1. The van der Waals surface area contributed by atoms with E-state index >= 15 is 0 Å². The maximum absolute atomic E-state index is 10.4. The Bertz CT molecular complexity index is 500. The molecule has 2 aromatic rings. The standard InChI is InChI=1S/C16H16O/c1-13-9-10-14(6-5-11-17)12-16(13)15-7-3-2-4-8-15/h2-4,7-12H,5-6H2,1H3. The highest BCUT2D eigenvalue weighted by molar-refractivity contribution is 5.68. The first-order valence-corrected chi connectivity index (χ1v) is 5.90. The molecule has 0 aliphatic rings. The number of carbonyl (C=O) groups excluding carboxylic acids is 1. The van der Waals surface area contributed by atoms with Gasteiger partial charge in [-0.3, -0.25) is 0 Å². The van der Waals surface area contributed by atoms with Gasteiger partial charge in [-0.05, 0) is 35.6 Å². The molecular weight excluding hydrogens is 208 g/mol. The van der Waals surface area contributed by atoms with Gasteiger partial charge in [-0.25, -0.2) is 0 Å². The molecule has 0 N–H and O–H groups in total. The van der Waals surface area contributed by atoms with Crippen molar-refractivity contribution in [2.45, 2.75) is 19.8 Å². The van der Waals surface area contributed by atoms with E-state index in [0.717, 1.165) is 12.7 Å². The summed E-state index contributed by atoms with van der Waals surface area (Å²) in [6.45, 7) is 2.12. The van der Waals surface area contributed by atoms with Crippen LogP contribution >= 0.6 is 0 Å². The fraction of sp³-hybridized carbons (Fsp3) is 0.188. The number of hydrogen-bond donors (Lipinski definition) is 0. The summed E-state index contributed by atoms with van der Waals surface area (Å²) >= 11 is 0. The number of hydrogen-bond acceptors (Lipinski definition) is 1. The molecule has 0 aromatic heterocycles. The van der Waals surface area contributed by atoms with Crippen LogP contribution in [-0.2, 0) is 11.2 Å². The Morgan fingerprint density at radius 2 is 1.82 bits per heavy atom. The molecule has 17 heavy (non-hydrogen) atoms. The van der Waals surface area contributed by atoms with E-state index in [1.165, 1.54) is 22.3 Å². The lowest BCUT2D eigenvalue weighted by atomic mass is 9.97. The number of aldehydes is 1. The van der Waals surface area contributed by atoms with Crippen LogP contribution in [-0.4, -0.2) is 6.29 Å². The lowest BCUT2D eigenvalue weighted by Gasteiger charge is -2.08. The summed E-state index contributed by atoms with van der Waals surface area (Å²) in [5.41, 5.74) is 4.99. The summed E-state index contributed by atoms with van der Waals surface area (Å²) in [7, 11) is 0. The first-order chi connectivity index (χ1) is 8.31. The smallest absolute Gasteiger partial charge is 0.120 e. The van der Waals surface area contributed by atoms with Crippen molar-refractivity contribution in [3.63, 3.8) is 0 Å². The highest BCUT2D eigenvalue weighted by atomic mass is 16.1. The van der Waals surface area contributed by atoms with Crippen LogP contribution in [0.5, 0.6) is 0 Å². The maximum atomic E-state index is 10.4. The van der Waals surface area contributed by atoms with Crippen molar-refractivity contribution in [3.8, 4) is 11.1 Å². The van der Waals surface area contributed by atoms with Crippen LogP contribution in [0, 0.1) is 6.92 Å². The average Bonchev–Trinajstić information content (AvgIpc) is 2.39. The van der Waals surface area contributed by atoms with Gasteiger partial charge in [0.25, 0.3) is 0 Å². The van der Waals surface area contributed by atoms with Crippen molar-refractivity contribution in [1.29, 1.82) is 0 Å². The first-order valence-electron chi connectivity index (χ1n) is 5.90. The Morgan fingerprint density at radius 3 is 2.53 bits per heavy atom. The van der Waals surface area contributed by atoms with Gasteiger partial charge >= 0.3 is 0 Å². The molecule has 0 amide bonds. The molecule has 0 radical (unpaired) electrons. The maximum Gasteiger partial charge on any atom is 0.120 e. The van der Waals surface area contributed by atoms with Gasteiger partial charge in [0.1, 0.15) is 6.29 Å². The summed E-state index contributed by atoms with van der Waals surface area (Å²) < 4.78 is 0. The van der Waals surface area contributed by atoms with E-state index in [1.54, 1.807) is 0 Å². The molecule has 0 unspecified atom stereocenters. The van der Waals surface area contributed by atoms with E-state index in [0.29, 0.717) is 6.42 Å². The van der Waals surface area contributed by atoms with Crippen molar-refractivity contribution in [2.75, 3.05) is 0 Å². The fourth-order valence-corrected chi connectivity index (χ4v) is 1.98. The van der Waals surface area contributed by atoms with Crippen LogP contribution in [0.15, 0.2) is 48.5 Å². The lowest BCUT2D eigenvalue weighted by molar-refractivity contribution is -0.107.